The van der Waals surface area contributed by atoms with Crippen LogP contribution in [0.25, 0.3) is 0 Å². The molecule has 1 unspecified atom stereocenters. The monoisotopic (exact) mass is 523 g/mol. The number of hydrogen-bond acceptors (Lipinski definition) is 5. The van der Waals surface area contributed by atoms with E-state index in [0.29, 0.717) is 12.5 Å². The molecule has 0 aromatic carbocycles. The van der Waals surface area contributed by atoms with Crippen LogP contribution in [-0.2, 0) is 11.2 Å². The summed E-state index contributed by atoms with van der Waals surface area (Å²) in [4.78, 5) is 11.8. The SMILES string of the molecule is CCNC(=NCC1CN(CC(C)C)CCO1)NCCCCc1nc(C)cs1.I. The molecule has 1 fully saturated rings. The zero-order valence-corrected chi connectivity index (χ0v) is 21.0. The van der Waals surface area contributed by atoms with Crippen LogP contribution in [-0.4, -0.2) is 67.8 Å². The Balaban J connectivity index is 0.00000392. The quantitative estimate of drug-likeness (QED) is 0.213. The third-order valence-electron chi connectivity index (χ3n) is 4.42. The Morgan fingerprint density at radius 2 is 2.21 bits per heavy atom. The van der Waals surface area contributed by atoms with Gasteiger partial charge in [0.2, 0.25) is 0 Å². The molecular weight excluding hydrogens is 485 g/mol. The third-order valence-corrected chi connectivity index (χ3v) is 5.45. The van der Waals surface area contributed by atoms with E-state index in [1.807, 2.05) is 0 Å². The summed E-state index contributed by atoms with van der Waals surface area (Å²) in [7, 11) is 0. The first-order chi connectivity index (χ1) is 13.1. The molecule has 162 valence electrons. The molecule has 0 aliphatic carbocycles. The van der Waals surface area contributed by atoms with Gasteiger partial charge in [-0.2, -0.15) is 0 Å². The van der Waals surface area contributed by atoms with E-state index in [-0.39, 0.29) is 30.1 Å². The molecule has 1 aliphatic rings. The molecule has 2 N–H and O–H groups in total. The van der Waals surface area contributed by atoms with E-state index in [4.69, 9.17) is 9.73 Å². The highest BCUT2D eigenvalue weighted by atomic mass is 127. The minimum Gasteiger partial charge on any atom is -0.374 e. The van der Waals surface area contributed by atoms with Crippen molar-refractivity contribution >= 4 is 41.3 Å². The van der Waals surface area contributed by atoms with Crippen molar-refractivity contribution < 1.29 is 4.74 Å². The third kappa shape index (κ3) is 10.4. The van der Waals surface area contributed by atoms with Gasteiger partial charge in [-0.05, 0) is 39.0 Å². The van der Waals surface area contributed by atoms with E-state index in [1.165, 1.54) is 5.01 Å². The van der Waals surface area contributed by atoms with Crippen LogP contribution in [0, 0.1) is 12.8 Å². The number of ether oxygens (including phenoxy) is 1. The van der Waals surface area contributed by atoms with E-state index in [2.05, 4.69) is 53.6 Å². The fourth-order valence-corrected chi connectivity index (χ4v) is 4.05. The highest BCUT2D eigenvalue weighted by Gasteiger charge is 2.20. The topological polar surface area (TPSA) is 61.8 Å². The Bertz CT molecular complexity index is 567. The summed E-state index contributed by atoms with van der Waals surface area (Å²) in [5, 5.41) is 10.2. The van der Waals surface area contributed by atoms with Gasteiger partial charge in [0.1, 0.15) is 0 Å². The van der Waals surface area contributed by atoms with Crippen molar-refractivity contribution in [2.75, 3.05) is 45.9 Å². The lowest BCUT2D eigenvalue weighted by molar-refractivity contribution is -0.0261. The number of morpholine rings is 1. The zero-order chi connectivity index (χ0) is 19.5. The molecule has 1 atom stereocenters. The summed E-state index contributed by atoms with van der Waals surface area (Å²) in [6, 6.07) is 0. The van der Waals surface area contributed by atoms with Gasteiger partial charge in [0.05, 0.1) is 24.3 Å². The van der Waals surface area contributed by atoms with Crippen LogP contribution in [0.2, 0.25) is 0 Å². The van der Waals surface area contributed by atoms with Crippen LogP contribution in [0.15, 0.2) is 10.4 Å². The molecule has 8 heteroatoms. The van der Waals surface area contributed by atoms with Crippen LogP contribution < -0.4 is 10.6 Å². The van der Waals surface area contributed by atoms with E-state index < -0.39 is 0 Å². The highest BCUT2D eigenvalue weighted by molar-refractivity contribution is 14.0. The number of aromatic nitrogens is 1. The molecule has 1 saturated heterocycles. The fourth-order valence-electron chi connectivity index (χ4n) is 3.23. The maximum atomic E-state index is 5.90. The predicted octanol–water partition coefficient (Wildman–Crippen LogP) is 3.30. The summed E-state index contributed by atoms with van der Waals surface area (Å²) in [5.41, 5.74) is 1.13. The van der Waals surface area contributed by atoms with Gasteiger partial charge in [-0.1, -0.05) is 13.8 Å². The van der Waals surface area contributed by atoms with Crippen molar-refractivity contribution in [1.82, 2.24) is 20.5 Å². The number of thiazole rings is 1. The van der Waals surface area contributed by atoms with E-state index >= 15 is 0 Å². The van der Waals surface area contributed by atoms with Crippen molar-refractivity contribution in [3.8, 4) is 0 Å². The Morgan fingerprint density at radius 3 is 2.89 bits per heavy atom. The number of guanidine groups is 1. The molecule has 2 heterocycles. The van der Waals surface area contributed by atoms with Gasteiger partial charge in [-0.3, -0.25) is 9.89 Å². The molecule has 1 aromatic heterocycles. The van der Waals surface area contributed by atoms with Gasteiger partial charge in [-0.15, -0.1) is 35.3 Å². The smallest absolute Gasteiger partial charge is 0.191 e. The normalized spacial score (nSPS) is 18.2. The van der Waals surface area contributed by atoms with Gasteiger partial charge >= 0.3 is 0 Å². The van der Waals surface area contributed by atoms with Gasteiger partial charge in [0.25, 0.3) is 0 Å². The first-order valence-corrected chi connectivity index (χ1v) is 11.2. The fraction of sp³-hybridized carbons (Fsp3) is 0.800. The minimum absolute atomic E-state index is 0. The number of unbranched alkanes of at least 4 members (excludes halogenated alkanes) is 1. The predicted molar refractivity (Wildman–Crippen MR) is 130 cm³/mol. The van der Waals surface area contributed by atoms with Crippen molar-refractivity contribution in [1.29, 1.82) is 0 Å². The number of aryl methyl sites for hydroxylation is 2. The summed E-state index contributed by atoms with van der Waals surface area (Å²) in [6.07, 6.45) is 3.52. The zero-order valence-electron chi connectivity index (χ0n) is 17.9. The molecular formula is C20H38IN5OS. The molecule has 0 amide bonds. The second kappa shape index (κ2) is 14.5. The van der Waals surface area contributed by atoms with Crippen LogP contribution >= 0.6 is 35.3 Å². The van der Waals surface area contributed by atoms with Crippen LogP contribution in [0.5, 0.6) is 0 Å². The maximum Gasteiger partial charge on any atom is 0.191 e. The lowest BCUT2D eigenvalue weighted by Gasteiger charge is -2.33. The summed E-state index contributed by atoms with van der Waals surface area (Å²) in [6.45, 7) is 15.2. The van der Waals surface area contributed by atoms with Crippen LogP contribution in [0.4, 0.5) is 0 Å². The first kappa shape index (κ1) is 25.6. The van der Waals surface area contributed by atoms with Crippen molar-refractivity contribution in [2.45, 2.75) is 53.1 Å². The number of aliphatic imine (C=N–C) groups is 1. The molecule has 0 bridgehead atoms. The number of nitrogens with one attached hydrogen (secondary N) is 2. The van der Waals surface area contributed by atoms with Crippen LogP contribution in [0.1, 0.15) is 44.3 Å². The van der Waals surface area contributed by atoms with Crippen molar-refractivity contribution in [3.63, 3.8) is 0 Å². The largest absolute Gasteiger partial charge is 0.374 e. The first-order valence-electron chi connectivity index (χ1n) is 10.3. The summed E-state index contributed by atoms with van der Waals surface area (Å²) >= 11 is 1.76. The number of hydrogen-bond donors (Lipinski definition) is 2. The highest BCUT2D eigenvalue weighted by Crippen LogP contribution is 2.11. The number of nitrogens with zero attached hydrogens (tertiary/aromatic N) is 3. The lowest BCUT2D eigenvalue weighted by atomic mass is 10.2. The minimum atomic E-state index is 0. The van der Waals surface area contributed by atoms with E-state index in [1.54, 1.807) is 11.3 Å². The average Bonchev–Trinajstić information content (AvgIpc) is 3.04. The van der Waals surface area contributed by atoms with Gasteiger partial charge in [-0.25, -0.2) is 4.98 Å². The Labute approximate surface area is 192 Å². The van der Waals surface area contributed by atoms with Gasteiger partial charge in [0.15, 0.2) is 5.96 Å². The Kier molecular flexibility index (Phi) is 13.3. The maximum absolute atomic E-state index is 5.90. The summed E-state index contributed by atoms with van der Waals surface area (Å²) in [5.74, 6) is 1.59. The Morgan fingerprint density at radius 1 is 1.39 bits per heavy atom. The number of halogens is 1. The van der Waals surface area contributed by atoms with E-state index in [0.717, 1.165) is 70.2 Å². The summed E-state index contributed by atoms with van der Waals surface area (Å²) < 4.78 is 5.90. The molecule has 2 rings (SSSR count). The van der Waals surface area contributed by atoms with Gasteiger partial charge in [0, 0.05) is 43.8 Å². The molecule has 6 nitrogen and oxygen atoms in total. The van der Waals surface area contributed by atoms with Gasteiger partial charge < -0.3 is 15.4 Å². The second-order valence-corrected chi connectivity index (χ2v) is 8.58. The molecule has 1 aliphatic heterocycles. The second-order valence-electron chi connectivity index (χ2n) is 7.63. The standard InChI is InChI=1S/C20H37N5OS.HI/c1-5-21-20(22-9-7-6-8-19-24-17(4)15-27-19)23-12-18-14-25(10-11-26-18)13-16(2)3;/h15-16,18H,5-14H2,1-4H3,(H2,21,22,23);1H. The average molecular weight is 524 g/mol. The number of rotatable bonds is 10. The molecule has 0 radical (unpaired) electrons. The lowest BCUT2D eigenvalue weighted by Crippen LogP contribution is -2.46. The van der Waals surface area contributed by atoms with Crippen LogP contribution in [0.3, 0.4) is 0 Å². The molecule has 0 saturated carbocycles. The van der Waals surface area contributed by atoms with Crippen molar-refractivity contribution in [3.05, 3.63) is 16.1 Å². The van der Waals surface area contributed by atoms with Crippen molar-refractivity contribution in [2.24, 2.45) is 10.9 Å². The molecule has 1 aromatic rings. The Hall–Kier alpha value is -0.450. The molecule has 28 heavy (non-hydrogen) atoms. The molecule has 0 spiro atoms. The van der Waals surface area contributed by atoms with E-state index in [9.17, 15) is 0 Å².